The van der Waals surface area contributed by atoms with Crippen LogP contribution in [0.1, 0.15) is 16.2 Å². The van der Waals surface area contributed by atoms with Gasteiger partial charge in [-0.1, -0.05) is 0 Å². The third kappa shape index (κ3) is 4.24. The standard InChI is InChI=1S/C12H8F5N5O2/c13-5-1-2-6(7(14)3-5)9(24)18-4-8(23)19-11-20-10(21-22-11)12(15,16)17/h1-3H,4H2,(H,18,24)(H2,19,20,21,22,23). The molecule has 0 atom stereocenters. The van der Waals surface area contributed by atoms with Gasteiger partial charge in [0.15, 0.2) is 0 Å². The summed E-state index contributed by atoms with van der Waals surface area (Å²) in [5.41, 5.74) is -0.499. The Kier molecular flexibility index (Phi) is 4.76. The topological polar surface area (TPSA) is 99.8 Å². The predicted molar refractivity (Wildman–Crippen MR) is 68.7 cm³/mol. The monoisotopic (exact) mass is 349 g/mol. The quantitative estimate of drug-likeness (QED) is 0.728. The molecule has 0 bridgehead atoms. The smallest absolute Gasteiger partial charge is 0.343 e. The van der Waals surface area contributed by atoms with Gasteiger partial charge < -0.3 is 5.32 Å². The van der Waals surface area contributed by atoms with E-state index in [1.54, 1.807) is 5.10 Å². The van der Waals surface area contributed by atoms with E-state index in [1.165, 1.54) is 0 Å². The zero-order valence-electron chi connectivity index (χ0n) is 11.5. The fraction of sp³-hybridized carbons (Fsp3) is 0.167. The Morgan fingerprint density at radius 1 is 1.21 bits per heavy atom. The lowest BCUT2D eigenvalue weighted by Gasteiger charge is -2.05. The molecule has 0 fully saturated rings. The second-order valence-electron chi connectivity index (χ2n) is 4.36. The summed E-state index contributed by atoms with van der Waals surface area (Å²) in [6, 6.07) is 2.22. The zero-order chi connectivity index (χ0) is 17.9. The van der Waals surface area contributed by atoms with Gasteiger partial charge in [0.2, 0.25) is 17.7 Å². The van der Waals surface area contributed by atoms with Gasteiger partial charge in [0.25, 0.3) is 5.91 Å². The molecule has 128 valence electrons. The van der Waals surface area contributed by atoms with Crippen LogP contribution >= 0.6 is 0 Å². The SMILES string of the molecule is O=C(CNC(=O)c1ccc(F)cc1F)Nc1n[nH]c(C(F)(F)F)n1. The average Bonchev–Trinajstić information content (AvgIpc) is 2.93. The maximum atomic E-state index is 13.4. The first-order chi connectivity index (χ1) is 11.2. The summed E-state index contributed by atoms with van der Waals surface area (Å²) in [5, 5.41) is 8.63. The minimum atomic E-state index is -4.76. The molecule has 0 aliphatic heterocycles. The molecule has 1 aromatic carbocycles. The molecule has 12 heteroatoms. The Balaban J connectivity index is 1.91. The minimum absolute atomic E-state index is 0.487. The van der Waals surface area contributed by atoms with Crippen LogP contribution in [0.3, 0.4) is 0 Å². The van der Waals surface area contributed by atoms with Crippen LogP contribution in [0.4, 0.5) is 27.9 Å². The van der Waals surface area contributed by atoms with Crippen molar-refractivity contribution in [2.75, 3.05) is 11.9 Å². The van der Waals surface area contributed by atoms with Crippen molar-refractivity contribution in [2.24, 2.45) is 0 Å². The Hall–Kier alpha value is -3.05. The number of rotatable bonds is 4. The molecule has 0 aliphatic rings. The third-order valence-electron chi connectivity index (χ3n) is 2.59. The number of halogens is 5. The Bertz CT molecular complexity index is 773. The van der Waals surface area contributed by atoms with Crippen molar-refractivity contribution in [1.29, 1.82) is 0 Å². The number of amides is 2. The number of carbonyl (C=O) groups excluding carboxylic acids is 2. The molecule has 1 heterocycles. The van der Waals surface area contributed by atoms with Crippen LogP contribution < -0.4 is 10.6 Å². The number of aromatic amines is 1. The van der Waals surface area contributed by atoms with Gasteiger partial charge in [0, 0.05) is 6.07 Å². The summed E-state index contributed by atoms with van der Waals surface area (Å²) in [6.45, 7) is -0.689. The van der Waals surface area contributed by atoms with Gasteiger partial charge in [-0.3, -0.25) is 20.0 Å². The minimum Gasteiger partial charge on any atom is -0.343 e. The molecule has 0 unspecified atom stereocenters. The lowest BCUT2D eigenvalue weighted by Crippen LogP contribution is -2.33. The van der Waals surface area contributed by atoms with Crippen LogP contribution in [0.15, 0.2) is 18.2 Å². The lowest BCUT2D eigenvalue weighted by molar-refractivity contribution is -0.144. The molecule has 2 amide bonds. The van der Waals surface area contributed by atoms with Crippen LogP contribution in [-0.2, 0) is 11.0 Å². The molecule has 2 rings (SSSR count). The van der Waals surface area contributed by atoms with Crippen LogP contribution in [0.2, 0.25) is 0 Å². The summed E-state index contributed by atoms with van der Waals surface area (Å²) >= 11 is 0. The summed E-state index contributed by atoms with van der Waals surface area (Å²) in [4.78, 5) is 26.1. The molecule has 2 aromatic rings. The molecule has 0 saturated carbocycles. The summed E-state index contributed by atoms with van der Waals surface area (Å²) in [7, 11) is 0. The van der Waals surface area contributed by atoms with Crippen molar-refractivity contribution in [3.05, 3.63) is 41.2 Å². The largest absolute Gasteiger partial charge is 0.451 e. The summed E-state index contributed by atoms with van der Waals surface area (Å²) in [5.74, 6) is -6.01. The molecule has 0 spiro atoms. The van der Waals surface area contributed by atoms with Crippen molar-refractivity contribution >= 4 is 17.8 Å². The zero-order valence-corrected chi connectivity index (χ0v) is 11.5. The molecule has 0 saturated heterocycles. The number of alkyl halides is 3. The number of aromatic nitrogens is 3. The first kappa shape index (κ1) is 17.3. The van der Waals surface area contributed by atoms with Gasteiger partial charge in [-0.2, -0.15) is 18.2 Å². The average molecular weight is 349 g/mol. The number of hydrogen-bond acceptors (Lipinski definition) is 4. The number of nitrogens with zero attached hydrogens (tertiary/aromatic N) is 2. The van der Waals surface area contributed by atoms with Crippen LogP contribution in [0.25, 0.3) is 0 Å². The van der Waals surface area contributed by atoms with Gasteiger partial charge in [-0.25, -0.2) is 8.78 Å². The first-order valence-corrected chi connectivity index (χ1v) is 6.19. The van der Waals surface area contributed by atoms with E-state index in [4.69, 9.17) is 0 Å². The van der Waals surface area contributed by atoms with Gasteiger partial charge in [0.1, 0.15) is 11.6 Å². The Morgan fingerprint density at radius 2 is 1.92 bits per heavy atom. The molecular weight excluding hydrogens is 341 g/mol. The molecule has 7 nitrogen and oxygen atoms in total. The molecule has 1 aromatic heterocycles. The van der Waals surface area contributed by atoms with E-state index in [-0.39, 0.29) is 0 Å². The fourth-order valence-electron chi connectivity index (χ4n) is 1.54. The predicted octanol–water partition coefficient (Wildman–Crippen LogP) is 1.47. The van der Waals surface area contributed by atoms with E-state index in [2.05, 4.69) is 10.1 Å². The molecule has 24 heavy (non-hydrogen) atoms. The van der Waals surface area contributed by atoms with E-state index in [1.807, 2.05) is 10.6 Å². The van der Waals surface area contributed by atoms with Gasteiger partial charge in [-0.15, -0.1) is 5.10 Å². The highest BCUT2D eigenvalue weighted by Crippen LogP contribution is 2.26. The second kappa shape index (κ2) is 6.60. The number of benzene rings is 1. The van der Waals surface area contributed by atoms with Crippen molar-refractivity contribution in [2.45, 2.75) is 6.18 Å². The Morgan fingerprint density at radius 3 is 2.50 bits per heavy atom. The van der Waals surface area contributed by atoms with Crippen LogP contribution in [0.5, 0.6) is 0 Å². The van der Waals surface area contributed by atoms with E-state index in [0.717, 1.165) is 12.1 Å². The molecule has 0 aliphatic carbocycles. The van der Waals surface area contributed by atoms with Crippen LogP contribution in [-0.4, -0.2) is 33.5 Å². The highest BCUT2D eigenvalue weighted by Gasteiger charge is 2.35. The Labute approximate surface area is 130 Å². The normalized spacial score (nSPS) is 11.2. The molecule has 0 radical (unpaired) electrons. The maximum Gasteiger partial charge on any atom is 0.451 e. The number of hydrogen-bond donors (Lipinski definition) is 3. The lowest BCUT2D eigenvalue weighted by atomic mass is 10.2. The third-order valence-corrected chi connectivity index (χ3v) is 2.59. The van der Waals surface area contributed by atoms with Gasteiger partial charge in [0.05, 0.1) is 12.1 Å². The number of nitrogens with one attached hydrogen (secondary N) is 3. The fourth-order valence-corrected chi connectivity index (χ4v) is 1.54. The van der Waals surface area contributed by atoms with E-state index < -0.39 is 53.5 Å². The van der Waals surface area contributed by atoms with E-state index in [0.29, 0.717) is 6.07 Å². The van der Waals surface area contributed by atoms with Crippen molar-refractivity contribution < 1.29 is 31.5 Å². The molecule has 3 N–H and O–H groups in total. The summed E-state index contributed by atoms with van der Waals surface area (Å²) in [6.07, 6.45) is -4.76. The number of carbonyl (C=O) groups is 2. The van der Waals surface area contributed by atoms with Gasteiger partial charge in [-0.05, 0) is 12.1 Å². The number of H-pyrrole nitrogens is 1. The first-order valence-electron chi connectivity index (χ1n) is 6.19. The van der Waals surface area contributed by atoms with E-state index >= 15 is 0 Å². The van der Waals surface area contributed by atoms with E-state index in [9.17, 15) is 31.5 Å². The van der Waals surface area contributed by atoms with Crippen molar-refractivity contribution in [3.63, 3.8) is 0 Å². The van der Waals surface area contributed by atoms with Crippen molar-refractivity contribution in [3.8, 4) is 0 Å². The van der Waals surface area contributed by atoms with Gasteiger partial charge >= 0.3 is 6.18 Å². The summed E-state index contributed by atoms with van der Waals surface area (Å²) < 4.78 is 62.9. The van der Waals surface area contributed by atoms with Crippen molar-refractivity contribution in [1.82, 2.24) is 20.5 Å². The second-order valence-corrected chi connectivity index (χ2v) is 4.36. The maximum absolute atomic E-state index is 13.4. The highest BCUT2D eigenvalue weighted by atomic mass is 19.4. The number of anilines is 1. The highest BCUT2D eigenvalue weighted by molar-refractivity contribution is 5.98. The van der Waals surface area contributed by atoms with Crippen LogP contribution in [0, 0.1) is 11.6 Å². The molecular formula is C12H8F5N5O2.